The molecular weight excluding hydrogens is 234 g/mol. The highest BCUT2D eigenvalue weighted by Crippen LogP contribution is 2.26. The van der Waals surface area contributed by atoms with Gasteiger partial charge >= 0.3 is 5.97 Å². The lowest BCUT2D eigenvalue weighted by Crippen LogP contribution is -2.26. The normalized spacial score (nSPS) is 13.7. The largest absolute Gasteiger partial charge is 0.469 e. The summed E-state index contributed by atoms with van der Waals surface area (Å²) in [7, 11) is 1.29. The first kappa shape index (κ1) is 14.2. The van der Waals surface area contributed by atoms with Crippen LogP contribution < -0.4 is 0 Å². The van der Waals surface area contributed by atoms with Crippen LogP contribution in [0.2, 0.25) is 0 Å². The Morgan fingerprint density at radius 2 is 1.94 bits per heavy atom. The van der Waals surface area contributed by atoms with Crippen LogP contribution in [0.4, 0.5) is 0 Å². The first-order valence-electron chi connectivity index (χ1n) is 5.72. The highest BCUT2D eigenvalue weighted by atomic mass is 16.6. The SMILES string of the molecule is COC(=O)C(C)[C@@H](C[N+](=O)[O-])c1ccc(C)cc1. The summed E-state index contributed by atoms with van der Waals surface area (Å²) in [4.78, 5) is 21.9. The number of carbonyl (C=O) groups is 1. The molecule has 98 valence electrons. The second-order valence-corrected chi connectivity index (χ2v) is 4.34. The molecule has 1 rings (SSSR count). The van der Waals surface area contributed by atoms with Crippen molar-refractivity contribution in [2.45, 2.75) is 19.8 Å². The third kappa shape index (κ3) is 3.55. The van der Waals surface area contributed by atoms with Crippen molar-refractivity contribution in [3.63, 3.8) is 0 Å². The van der Waals surface area contributed by atoms with Crippen LogP contribution in [0.5, 0.6) is 0 Å². The summed E-state index contributed by atoms with van der Waals surface area (Å²) in [5, 5.41) is 10.7. The number of carbonyl (C=O) groups excluding carboxylic acids is 1. The smallest absolute Gasteiger partial charge is 0.309 e. The molecule has 0 saturated heterocycles. The third-order valence-corrected chi connectivity index (χ3v) is 3.03. The first-order valence-corrected chi connectivity index (χ1v) is 5.72. The van der Waals surface area contributed by atoms with E-state index in [9.17, 15) is 14.9 Å². The Bertz CT molecular complexity index is 427. The molecule has 1 aromatic rings. The molecule has 18 heavy (non-hydrogen) atoms. The fraction of sp³-hybridized carbons (Fsp3) is 0.462. The Kier molecular flexibility index (Phi) is 4.83. The van der Waals surface area contributed by atoms with Gasteiger partial charge in [-0.3, -0.25) is 14.9 Å². The molecule has 1 aromatic carbocycles. The van der Waals surface area contributed by atoms with Crippen molar-refractivity contribution in [3.8, 4) is 0 Å². The molecule has 0 aromatic heterocycles. The summed E-state index contributed by atoms with van der Waals surface area (Å²) in [6.45, 7) is 3.31. The van der Waals surface area contributed by atoms with Crippen molar-refractivity contribution in [1.29, 1.82) is 0 Å². The quantitative estimate of drug-likeness (QED) is 0.457. The molecule has 0 fully saturated rings. The van der Waals surface area contributed by atoms with Crippen LogP contribution in [0.1, 0.15) is 24.0 Å². The van der Waals surface area contributed by atoms with E-state index in [4.69, 9.17) is 0 Å². The lowest BCUT2D eigenvalue weighted by Gasteiger charge is -2.19. The minimum atomic E-state index is -0.539. The van der Waals surface area contributed by atoms with Gasteiger partial charge in [-0.15, -0.1) is 0 Å². The average molecular weight is 251 g/mol. The topological polar surface area (TPSA) is 69.4 Å². The van der Waals surface area contributed by atoms with Gasteiger partial charge in [0.2, 0.25) is 6.54 Å². The molecular formula is C13H17NO4. The zero-order chi connectivity index (χ0) is 13.7. The Morgan fingerprint density at radius 3 is 2.39 bits per heavy atom. The number of ether oxygens (including phenoxy) is 1. The van der Waals surface area contributed by atoms with Gasteiger partial charge in [0, 0.05) is 4.92 Å². The van der Waals surface area contributed by atoms with Gasteiger partial charge in [0.1, 0.15) is 0 Å². The van der Waals surface area contributed by atoms with Crippen molar-refractivity contribution >= 4 is 5.97 Å². The molecule has 2 atom stereocenters. The maximum atomic E-state index is 11.5. The van der Waals surface area contributed by atoms with E-state index in [2.05, 4.69) is 4.74 Å². The summed E-state index contributed by atoms with van der Waals surface area (Å²) in [5.41, 5.74) is 1.86. The molecule has 5 nitrogen and oxygen atoms in total. The lowest BCUT2D eigenvalue weighted by molar-refractivity contribution is -0.484. The molecule has 5 heteroatoms. The fourth-order valence-electron chi connectivity index (χ4n) is 1.88. The third-order valence-electron chi connectivity index (χ3n) is 3.03. The Morgan fingerprint density at radius 1 is 1.39 bits per heavy atom. The van der Waals surface area contributed by atoms with E-state index in [1.807, 2.05) is 31.2 Å². The Labute approximate surface area is 106 Å². The van der Waals surface area contributed by atoms with Crippen LogP contribution >= 0.6 is 0 Å². The van der Waals surface area contributed by atoms with Crippen molar-refractivity contribution in [2.75, 3.05) is 13.7 Å². The molecule has 0 saturated carbocycles. The number of nitrogens with zero attached hydrogens (tertiary/aromatic N) is 1. The van der Waals surface area contributed by atoms with E-state index in [0.29, 0.717) is 0 Å². The van der Waals surface area contributed by atoms with Gasteiger partial charge in [-0.25, -0.2) is 0 Å². The lowest BCUT2D eigenvalue weighted by atomic mass is 9.87. The zero-order valence-corrected chi connectivity index (χ0v) is 10.8. The van der Waals surface area contributed by atoms with E-state index < -0.39 is 22.7 Å². The Hall–Kier alpha value is -1.91. The standard InChI is InChI=1S/C13H17NO4/c1-9-4-6-11(7-5-9)12(8-14(16)17)10(2)13(15)18-3/h4-7,10,12H,8H2,1-3H3/t10?,12-/m1/s1. The van der Waals surface area contributed by atoms with E-state index in [1.54, 1.807) is 6.92 Å². The van der Waals surface area contributed by atoms with E-state index >= 15 is 0 Å². The highest BCUT2D eigenvalue weighted by molar-refractivity contribution is 5.73. The average Bonchev–Trinajstić information content (AvgIpc) is 2.35. The second-order valence-electron chi connectivity index (χ2n) is 4.34. The van der Waals surface area contributed by atoms with Crippen LogP contribution in [0, 0.1) is 23.0 Å². The molecule has 0 heterocycles. The minimum Gasteiger partial charge on any atom is -0.469 e. The summed E-state index contributed by atoms with van der Waals surface area (Å²) in [5.74, 6) is -1.43. The maximum Gasteiger partial charge on any atom is 0.309 e. The monoisotopic (exact) mass is 251 g/mol. The van der Waals surface area contributed by atoms with Crippen LogP contribution in [0.25, 0.3) is 0 Å². The molecule has 0 N–H and O–H groups in total. The van der Waals surface area contributed by atoms with Crippen molar-refractivity contribution in [1.82, 2.24) is 0 Å². The molecule has 0 aliphatic rings. The van der Waals surface area contributed by atoms with Gasteiger partial charge in [-0.1, -0.05) is 36.8 Å². The number of esters is 1. The predicted molar refractivity (Wildman–Crippen MR) is 67.0 cm³/mol. The summed E-state index contributed by atoms with van der Waals surface area (Å²) < 4.78 is 4.66. The van der Waals surface area contributed by atoms with E-state index in [0.717, 1.165) is 11.1 Å². The molecule has 0 aliphatic heterocycles. The van der Waals surface area contributed by atoms with Crippen LogP contribution in [0.3, 0.4) is 0 Å². The number of methoxy groups -OCH3 is 1. The van der Waals surface area contributed by atoms with Gasteiger partial charge in [0.15, 0.2) is 0 Å². The number of aryl methyl sites for hydroxylation is 1. The number of benzene rings is 1. The van der Waals surface area contributed by atoms with E-state index in [1.165, 1.54) is 7.11 Å². The summed E-state index contributed by atoms with van der Waals surface area (Å²) in [6.07, 6.45) is 0. The van der Waals surface area contributed by atoms with Gasteiger partial charge in [0.25, 0.3) is 0 Å². The van der Waals surface area contributed by atoms with Crippen LogP contribution in [0.15, 0.2) is 24.3 Å². The summed E-state index contributed by atoms with van der Waals surface area (Å²) in [6, 6.07) is 7.41. The van der Waals surface area contributed by atoms with Crippen molar-refractivity contribution < 1.29 is 14.5 Å². The first-order chi connectivity index (χ1) is 8.45. The van der Waals surface area contributed by atoms with Gasteiger partial charge in [-0.2, -0.15) is 0 Å². The summed E-state index contributed by atoms with van der Waals surface area (Å²) >= 11 is 0. The highest BCUT2D eigenvalue weighted by Gasteiger charge is 2.30. The van der Waals surface area contributed by atoms with E-state index in [-0.39, 0.29) is 6.54 Å². The second kappa shape index (κ2) is 6.14. The molecule has 0 spiro atoms. The fourth-order valence-corrected chi connectivity index (χ4v) is 1.88. The molecule has 0 radical (unpaired) electrons. The van der Waals surface area contributed by atoms with Gasteiger partial charge in [-0.05, 0) is 12.5 Å². The molecule has 1 unspecified atom stereocenters. The number of rotatable bonds is 5. The number of hydrogen-bond donors (Lipinski definition) is 0. The number of hydrogen-bond acceptors (Lipinski definition) is 4. The molecule has 0 bridgehead atoms. The Balaban J connectivity index is 3.00. The zero-order valence-electron chi connectivity index (χ0n) is 10.8. The minimum absolute atomic E-state index is 0.278. The van der Waals surface area contributed by atoms with Crippen LogP contribution in [-0.4, -0.2) is 24.5 Å². The van der Waals surface area contributed by atoms with Gasteiger partial charge in [0.05, 0.1) is 18.9 Å². The maximum absolute atomic E-state index is 11.5. The predicted octanol–water partition coefficient (Wildman–Crippen LogP) is 2.16. The molecule has 0 aliphatic carbocycles. The van der Waals surface area contributed by atoms with Crippen molar-refractivity contribution in [3.05, 3.63) is 45.5 Å². The number of nitro groups is 1. The molecule has 0 amide bonds. The van der Waals surface area contributed by atoms with Crippen molar-refractivity contribution in [2.24, 2.45) is 5.92 Å². The van der Waals surface area contributed by atoms with Gasteiger partial charge < -0.3 is 4.74 Å². The van der Waals surface area contributed by atoms with Crippen LogP contribution in [-0.2, 0) is 9.53 Å².